The van der Waals surface area contributed by atoms with Gasteiger partial charge in [-0.3, -0.25) is 0 Å². The van der Waals surface area contributed by atoms with Crippen LogP contribution in [-0.2, 0) is 23.7 Å². The van der Waals surface area contributed by atoms with E-state index in [1.807, 2.05) is 14.2 Å². The molecular weight excluding hydrogens is 386 g/mol. The van der Waals surface area contributed by atoms with Crippen molar-refractivity contribution in [2.24, 2.45) is 34.5 Å². The molecule has 0 aromatic carbocycles. The number of piperidine rings is 1. The molecule has 2 N–H and O–H groups in total. The lowest BCUT2D eigenvalue weighted by molar-refractivity contribution is -0.258. The van der Waals surface area contributed by atoms with Crippen molar-refractivity contribution in [1.29, 1.82) is 0 Å². The van der Waals surface area contributed by atoms with Crippen LogP contribution >= 0.6 is 0 Å². The zero-order chi connectivity index (χ0) is 20.7. The van der Waals surface area contributed by atoms with Gasteiger partial charge >= 0.3 is 0 Å². The molecule has 168 valence electrons. The molecule has 3 spiro atoms. The Labute approximate surface area is 178 Å². The Balaban J connectivity index is 1.54. The third kappa shape index (κ3) is 1.59. The highest BCUT2D eigenvalue weighted by atomic mass is 16.7. The van der Waals surface area contributed by atoms with Crippen molar-refractivity contribution >= 4 is 0 Å². The molecule has 2 heterocycles. The molecule has 13 atom stereocenters. The maximum Gasteiger partial charge on any atom is 0.148 e. The number of fused-ring (bicyclic) bond motifs is 1. The van der Waals surface area contributed by atoms with Crippen LogP contribution in [0.1, 0.15) is 32.6 Å². The first-order valence-electron chi connectivity index (χ1n) is 11.7. The van der Waals surface area contributed by atoms with Crippen molar-refractivity contribution in [3.8, 4) is 0 Å². The normalized spacial score (nSPS) is 66.9. The molecule has 30 heavy (non-hydrogen) atoms. The van der Waals surface area contributed by atoms with E-state index in [1.165, 1.54) is 0 Å². The minimum atomic E-state index is -0.777. The Morgan fingerprint density at radius 2 is 1.93 bits per heavy atom. The molecule has 5 aliphatic carbocycles. The van der Waals surface area contributed by atoms with Crippen LogP contribution in [0, 0.1) is 34.5 Å². The Morgan fingerprint density at radius 3 is 2.67 bits per heavy atom. The molecule has 0 unspecified atom stereocenters. The highest BCUT2D eigenvalue weighted by molar-refractivity contribution is 5.42. The second-order valence-corrected chi connectivity index (χ2v) is 11.5. The number of methoxy groups -OCH3 is 3. The summed E-state index contributed by atoms with van der Waals surface area (Å²) >= 11 is 0. The minimum absolute atomic E-state index is 0.0268. The van der Waals surface area contributed by atoms with Crippen LogP contribution in [0.25, 0.3) is 0 Å². The molecule has 0 aromatic heterocycles. The molecule has 7 heteroatoms. The van der Waals surface area contributed by atoms with E-state index in [0.717, 1.165) is 32.2 Å². The van der Waals surface area contributed by atoms with Crippen molar-refractivity contribution in [3.05, 3.63) is 0 Å². The quantitative estimate of drug-likeness (QED) is 0.702. The number of aliphatic hydroxyl groups excluding tert-OH is 1. The lowest BCUT2D eigenvalue weighted by atomic mass is 9.43. The fraction of sp³-hybridized carbons (Fsp3) is 1.00. The van der Waals surface area contributed by atoms with Gasteiger partial charge in [0.15, 0.2) is 0 Å². The summed E-state index contributed by atoms with van der Waals surface area (Å²) in [6, 6.07) is 0.0268. The van der Waals surface area contributed by atoms with Crippen molar-refractivity contribution in [2.75, 3.05) is 34.7 Å². The van der Waals surface area contributed by atoms with Gasteiger partial charge in [-0.2, -0.15) is 0 Å². The van der Waals surface area contributed by atoms with Crippen LogP contribution in [-0.4, -0.2) is 81.4 Å². The van der Waals surface area contributed by atoms with Crippen LogP contribution in [0.3, 0.4) is 0 Å². The van der Waals surface area contributed by atoms with E-state index >= 15 is 0 Å². The molecule has 2 aliphatic heterocycles. The largest absolute Gasteiger partial charge is 0.390 e. The molecule has 7 aliphatic rings. The van der Waals surface area contributed by atoms with E-state index < -0.39 is 17.3 Å². The summed E-state index contributed by atoms with van der Waals surface area (Å²) in [6.07, 6.45) is 3.54. The first kappa shape index (κ1) is 19.2. The van der Waals surface area contributed by atoms with E-state index in [9.17, 15) is 5.11 Å². The Bertz CT molecular complexity index is 781. The van der Waals surface area contributed by atoms with E-state index in [0.29, 0.717) is 11.8 Å². The summed E-state index contributed by atoms with van der Waals surface area (Å²) in [6.45, 7) is 3.51. The highest BCUT2D eigenvalue weighted by Gasteiger charge is 2.92. The molecule has 2 saturated heterocycles. The Morgan fingerprint density at radius 1 is 1.10 bits per heavy atom. The first-order valence-corrected chi connectivity index (χ1v) is 11.7. The summed E-state index contributed by atoms with van der Waals surface area (Å²) in [5.74, 6) is 1.03. The van der Waals surface area contributed by atoms with Crippen LogP contribution in [0.5, 0.6) is 0 Å². The minimum Gasteiger partial charge on any atom is -0.390 e. The second-order valence-electron chi connectivity index (χ2n) is 11.5. The summed E-state index contributed by atoms with van der Waals surface area (Å²) in [5, 5.41) is 16.1. The van der Waals surface area contributed by atoms with Gasteiger partial charge in [0, 0.05) is 57.5 Å². The fourth-order valence-electron chi connectivity index (χ4n) is 10.8. The Hall–Kier alpha value is -0.280. The predicted molar refractivity (Wildman–Crippen MR) is 106 cm³/mol. The van der Waals surface area contributed by atoms with Gasteiger partial charge in [-0.05, 0) is 30.6 Å². The van der Waals surface area contributed by atoms with Crippen LogP contribution in [0.2, 0.25) is 0 Å². The third-order valence-electron chi connectivity index (χ3n) is 11.3. The van der Waals surface area contributed by atoms with E-state index in [-0.39, 0.29) is 53.8 Å². The number of hydrogen-bond donors (Lipinski definition) is 2. The molecular formula is C23H35NO6. The fourth-order valence-corrected chi connectivity index (χ4v) is 10.8. The van der Waals surface area contributed by atoms with Gasteiger partial charge < -0.3 is 34.1 Å². The molecule has 7 fully saturated rings. The zero-order valence-electron chi connectivity index (χ0n) is 18.4. The zero-order valence-corrected chi connectivity index (χ0v) is 18.4. The predicted octanol–water partition coefficient (Wildman–Crippen LogP) is 0.932. The number of rotatable bonds is 3. The van der Waals surface area contributed by atoms with Crippen LogP contribution in [0.4, 0.5) is 0 Å². The van der Waals surface area contributed by atoms with E-state index in [2.05, 4.69) is 12.2 Å². The summed E-state index contributed by atoms with van der Waals surface area (Å²) < 4.78 is 31.8. The highest BCUT2D eigenvalue weighted by Crippen LogP contribution is 2.81. The summed E-state index contributed by atoms with van der Waals surface area (Å²) in [7, 11) is 5.49. The average molecular weight is 422 g/mol. The smallest absolute Gasteiger partial charge is 0.148 e. The molecule has 7 nitrogen and oxygen atoms in total. The maximum absolute atomic E-state index is 12.2. The molecule has 0 aromatic rings. The van der Waals surface area contributed by atoms with Crippen LogP contribution < -0.4 is 5.32 Å². The van der Waals surface area contributed by atoms with E-state index in [4.69, 9.17) is 23.7 Å². The molecule has 7 bridgehead atoms. The SMILES string of the molecule is CO[C@H]1[C@@H]2C[C@@H]3[C@H]1[C@@]1(C[C@@H]2OC)OCO[C@]12[C@@H](O)[C@@H]1[C@@]4(C)CC[C@H](OC)[C@@]31[C@@H]2NC4. The van der Waals surface area contributed by atoms with Crippen LogP contribution in [0.15, 0.2) is 0 Å². The van der Waals surface area contributed by atoms with Crippen molar-refractivity contribution in [3.63, 3.8) is 0 Å². The standard InChI is InChI=1S/C23H35NO6/c1-20-6-5-14(27-3)22-12-7-11-13(26-2)8-21(15(12)16(11)28-4)23(30-10-29-21,18(25)17(20)22)19(22)24-9-20/h11-19,24-25H,5-10H2,1-4H3/t11-,12-,13+,14+,15-,16+,17-,18+,19+,20+,21-,22+,23+/m1/s1. The average Bonchev–Trinajstić information content (AvgIpc) is 3.31. The molecule has 7 rings (SSSR count). The molecule has 0 radical (unpaired) electrons. The lowest BCUT2D eigenvalue weighted by Crippen LogP contribution is -2.80. The lowest BCUT2D eigenvalue weighted by Gasteiger charge is -2.67. The van der Waals surface area contributed by atoms with Gasteiger partial charge in [0.25, 0.3) is 0 Å². The topological polar surface area (TPSA) is 78.4 Å². The van der Waals surface area contributed by atoms with Gasteiger partial charge in [0.1, 0.15) is 18.0 Å². The molecule has 5 saturated carbocycles. The monoisotopic (exact) mass is 421 g/mol. The Kier molecular flexibility index (Phi) is 3.59. The number of nitrogens with one attached hydrogen (secondary N) is 1. The van der Waals surface area contributed by atoms with Crippen molar-refractivity contribution in [2.45, 2.75) is 74.3 Å². The van der Waals surface area contributed by atoms with Gasteiger partial charge in [-0.1, -0.05) is 6.92 Å². The second kappa shape index (κ2) is 5.61. The first-order chi connectivity index (χ1) is 14.5. The van der Waals surface area contributed by atoms with Gasteiger partial charge in [-0.25, -0.2) is 0 Å². The molecule has 0 amide bonds. The maximum atomic E-state index is 12.2. The van der Waals surface area contributed by atoms with Gasteiger partial charge in [-0.15, -0.1) is 0 Å². The summed E-state index contributed by atoms with van der Waals surface area (Å²) in [5.41, 5.74) is -1.51. The van der Waals surface area contributed by atoms with Gasteiger partial charge in [0.2, 0.25) is 0 Å². The summed E-state index contributed by atoms with van der Waals surface area (Å²) in [4.78, 5) is 0. The van der Waals surface area contributed by atoms with Gasteiger partial charge in [0.05, 0.1) is 30.5 Å². The van der Waals surface area contributed by atoms with Crippen molar-refractivity contribution in [1.82, 2.24) is 5.32 Å². The van der Waals surface area contributed by atoms with Crippen molar-refractivity contribution < 1.29 is 28.8 Å². The number of hydrogen-bond acceptors (Lipinski definition) is 7. The number of aliphatic hydroxyl groups is 1. The number of ether oxygens (including phenoxy) is 5. The van der Waals surface area contributed by atoms with E-state index in [1.54, 1.807) is 7.11 Å². The third-order valence-corrected chi connectivity index (χ3v) is 11.3.